The SMILES string of the molecule is COc1ccc2ncc(CN)c(CCCC3(CC(=O)O)CCN(CCNc4cc(F)cc(F)c4F)CC3)c2c1. The van der Waals surface area contributed by atoms with Crippen LogP contribution in [-0.4, -0.2) is 54.2 Å². The molecule has 0 radical (unpaired) electrons. The molecule has 0 amide bonds. The van der Waals surface area contributed by atoms with Crippen molar-refractivity contribution >= 4 is 22.6 Å². The van der Waals surface area contributed by atoms with E-state index in [1.54, 1.807) is 7.11 Å². The maximum atomic E-state index is 13.9. The van der Waals surface area contributed by atoms with E-state index < -0.39 is 23.4 Å². The molecule has 7 nitrogen and oxygen atoms in total. The average molecular weight is 545 g/mol. The Kier molecular flexibility index (Phi) is 9.29. The summed E-state index contributed by atoms with van der Waals surface area (Å²) in [4.78, 5) is 18.5. The van der Waals surface area contributed by atoms with Crippen molar-refractivity contribution in [3.05, 3.63) is 65.1 Å². The van der Waals surface area contributed by atoms with E-state index >= 15 is 0 Å². The minimum atomic E-state index is -1.23. The molecule has 1 aromatic heterocycles. The van der Waals surface area contributed by atoms with Gasteiger partial charge in [-0.25, -0.2) is 13.2 Å². The minimum Gasteiger partial charge on any atom is -0.497 e. The van der Waals surface area contributed by atoms with Crippen molar-refractivity contribution in [1.29, 1.82) is 0 Å². The molecule has 0 bridgehead atoms. The van der Waals surface area contributed by atoms with Crippen molar-refractivity contribution in [2.24, 2.45) is 11.1 Å². The van der Waals surface area contributed by atoms with Gasteiger partial charge in [0.05, 0.1) is 24.7 Å². The number of carbonyl (C=O) groups is 1. The maximum Gasteiger partial charge on any atom is 0.303 e. The van der Waals surface area contributed by atoms with Crippen molar-refractivity contribution in [3.63, 3.8) is 0 Å². The molecular weight excluding hydrogens is 509 g/mol. The maximum absolute atomic E-state index is 13.9. The highest BCUT2D eigenvalue weighted by atomic mass is 19.2. The third-order valence-corrected chi connectivity index (χ3v) is 7.81. The van der Waals surface area contributed by atoms with Crippen LogP contribution in [-0.2, 0) is 17.8 Å². The Bertz CT molecular complexity index is 1310. The quantitative estimate of drug-likeness (QED) is 0.273. The number of fused-ring (bicyclic) bond motifs is 1. The monoisotopic (exact) mass is 544 g/mol. The lowest BCUT2D eigenvalue weighted by atomic mass is 9.72. The molecule has 0 atom stereocenters. The van der Waals surface area contributed by atoms with Gasteiger partial charge in [-0.1, -0.05) is 0 Å². The van der Waals surface area contributed by atoms with E-state index in [9.17, 15) is 23.1 Å². The molecular formula is C29H35F3N4O3. The van der Waals surface area contributed by atoms with Crippen LogP contribution >= 0.6 is 0 Å². The minimum absolute atomic E-state index is 0.0987. The normalized spacial score (nSPS) is 15.4. The fourth-order valence-corrected chi connectivity index (χ4v) is 5.63. The van der Waals surface area contributed by atoms with Gasteiger partial charge in [0.1, 0.15) is 11.6 Å². The van der Waals surface area contributed by atoms with E-state index in [0.29, 0.717) is 38.8 Å². The van der Waals surface area contributed by atoms with Crippen LogP contribution in [0.2, 0.25) is 0 Å². The highest BCUT2D eigenvalue weighted by Crippen LogP contribution is 2.40. The Morgan fingerprint density at radius 2 is 1.97 bits per heavy atom. The molecule has 39 heavy (non-hydrogen) atoms. The molecule has 1 saturated heterocycles. The summed E-state index contributed by atoms with van der Waals surface area (Å²) in [6, 6.07) is 7.22. The van der Waals surface area contributed by atoms with Crippen molar-refractivity contribution < 1.29 is 27.8 Å². The summed E-state index contributed by atoms with van der Waals surface area (Å²) in [5, 5.41) is 13.4. The molecule has 1 aliphatic heterocycles. The zero-order valence-electron chi connectivity index (χ0n) is 22.1. The predicted octanol–water partition coefficient (Wildman–Crippen LogP) is 5.11. The fourth-order valence-electron chi connectivity index (χ4n) is 5.63. The zero-order chi connectivity index (χ0) is 28.0. The van der Waals surface area contributed by atoms with Gasteiger partial charge in [0.25, 0.3) is 0 Å². The number of piperidine rings is 1. The van der Waals surface area contributed by atoms with E-state index in [-0.39, 0.29) is 17.5 Å². The van der Waals surface area contributed by atoms with Gasteiger partial charge < -0.3 is 25.8 Å². The standard InChI is InChI=1S/C29H35F3N4O3/c1-39-21-4-5-25-23(15-21)22(19(17-33)18-35-25)3-2-6-29(16-27(37)38)7-10-36(11-8-29)12-9-34-26-14-20(30)13-24(31)28(26)32/h4-5,13-15,18,34H,2-3,6-12,16-17,33H2,1H3,(H,37,38). The Hall–Kier alpha value is -3.37. The Morgan fingerprint density at radius 3 is 2.67 bits per heavy atom. The van der Waals surface area contributed by atoms with Crippen LogP contribution in [0.15, 0.2) is 36.5 Å². The number of anilines is 1. The van der Waals surface area contributed by atoms with Gasteiger partial charge in [0.2, 0.25) is 0 Å². The number of rotatable bonds is 12. The number of likely N-dealkylation sites (tertiary alicyclic amines) is 1. The molecule has 4 rings (SSSR count). The van der Waals surface area contributed by atoms with Crippen LogP contribution in [0.1, 0.15) is 43.2 Å². The van der Waals surface area contributed by atoms with Gasteiger partial charge in [-0.2, -0.15) is 0 Å². The number of nitrogens with two attached hydrogens (primary N) is 1. The van der Waals surface area contributed by atoms with Gasteiger partial charge in [0, 0.05) is 43.4 Å². The molecule has 2 aromatic carbocycles. The lowest BCUT2D eigenvalue weighted by Crippen LogP contribution is -2.43. The molecule has 2 heterocycles. The van der Waals surface area contributed by atoms with Crippen LogP contribution in [0.4, 0.5) is 18.9 Å². The van der Waals surface area contributed by atoms with Crippen molar-refractivity contribution in [2.75, 3.05) is 38.6 Å². The van der Waals surface area contributed by atoms with Crippen LogP contribution < -0.4 is 15.8 Å². The Balaban J connectivity index is 1.37. The number of methoxy groups -OCH3 is 1. The van der Waals surface area contributed by atoms with Crippen LogP contribution in [0, 0.1) is 22.9 Å². The number of benzene rings is 2. The highest BCUT2D eigenvalue weighted by Gasteiger charge is 2.36. The van der Waals surface area contributed by atoms with Gasteiger partial charge in [-0.3, -0.25) is 9.78 Å². The summed E-state index contributed by atoms with van der Waals surface area (Å²) in [5.74, 6) is -3.24. The van der Waals surface area contributed by atoms with Crippen LogP contribution in [0.25, 0.3) is 10.9 Å². The first-order valence-corrected chi connectivity index (χ1v) is 13.2. The summed E-state index contributed by atoms with van der Waals surface area (Å²) in [5.41, 5.74) is 8.45. The molecule has 10 heteroatoms. The Labute approximate surface area is 226 Å². The first-order valence-electron chi connectivity index (χ1n) is 13.2. The Morgan fingerprint density at radius 1 is 1.21 bits per heavy atom. The summed E-state index contributed by atoms with van der Waals surface area (Å²) in [7, 11) is 1.62. The van der Waals surface area contributed by atoms with E-state index in [2.05, 4.69) is 15.2 Å². The number of aliphatic carboxylic acids is 1. The molecule has 0 unspecified atom stereocenters. The first kappa shape index (κ1) is 28.6. The predicted molar refractivity (Wildman–Crippen MR) is 144 cm³/mol. The summed E-state index contributed by atoms with van der Waals surface area (Å²) in [6.07, 6.45) is 5.67. The lowest BCUT2D eigenvalue weighted by Gasteiger charge is -2.41. The zero-order valence-corrected chi connectivity index (χ0v) is 22.1. The van der Waals surface area contributed by atoms with Gasteiger partial charge in [-0.05, 0) is 79.9 Å². The van der Waals surface area contributed by atoms with Gasteiger partial charge in [-0.15, -0.1) is 0 Å². The number of aromatic nitrogens is 1. The average Bonchev–Trinajstić information content (AvgIpc) is 2.91. The largest absolute Gasteiger partial charge is 0.497 e. The van der Waals surface area contributed by atoms with E-state index in [0.717, 1.165) is 65.9 Å². The number of nitrogens with zero attached hydrogens (tertiary/aromatic N) is 2. The molecule has 0 saturated carbocycles. The highest BCUT2D eigenvalue weighted by molar-refractivity contribution is 5.84. The number of pyridine rings is 1. The number of ether oxygens (including phenoxy) is 1. The first-order chi connectivity index (χ1) is 18.7. The molecule has 3 aromatic rings. The topological polar surface area (TPSA) is 101 Å². The third kappa shape index (κ3) is 6.99. The van der Waals surface area contributed by atoms with Crippen molar-refractivity contribution in [1.82, 2.24) is 9.88 Å². The van der Waals surface area contributed by atoms with Crippen LogP contribution in [0.5, 0.6) is 5.75 Å². The van der Waals surface area contributed by atoms with Crippen molar-refractivity contribution in [2.45, 2.75) is 45.1 Å². The molecule has 1 fully saturated rings. The van der Waals surface area contributed by atoms with Crippen LogP contribution in [0.3, 0.4) is 0 Å². The molecule has 210 valence electrons. The number of halogens is 3. The second-order valence-corrected chi connectivity index (χ2v) is 10.3. The fraction of sp³-hybridized carbons (Fsp3) is 0.448. The molecule has 1 aliphatic rings. The molecule has 0 spiro atoms. The second-order valence-electron chi connectivity index (χ2n) is 10.3. The number of aryl methyl sites for hydroxylation is 1. The number of carboxylic acid groups (broad SMARTS) is 1. The van der Waals surface area contributed by atoms with E-state index in [1.165, 1.54) is 0 Å². The van der Waals surface area contributed by atoms with E-state index in [4.69, 9.17) is 10.5 Å². The molecule has 4 N–H and O–H groups in total. The second kappa shape index (κ2) is 12.7. The number of hydrogen-bond acceptors (Lipinski definition) is 6. The summed E-state index contributed by atoms with van der Waals surface area (Å²) >= 11 is 0. The number of nitrogens with one attached hydrogen (secondary N) is 1. The lowest BCUT2D eigenvalue weighted by molar-refractivity contribution is -0.140. The van der Waals surface area contributed by atoms with E-state index in [1.807, 2.05) is 24.4 Å². The summed E-state index contributed by atoms with van der Waals surface area (Å²) in [6.45, 7) is 2.61. The summed E-state index contributed by atoms with van der Waals surface area (Å²) < 4.78 is 46.2. The van der Waals surface area contributed by atoms with Gasteiger partial charge in [0.15, 0.2) is 11.6 Å². The van der Waals surface area contributed by atoms with Crippen molar-refractivity contribution in [3.8, 4) is 5.75 Å². The number of hydrogen-bond donors (Lipinski definition) is 3. The third-order valence-electron chi connectivity index (χ3n) is 7.81. The van der Waals surface area contributed by atoms with Gasteiger partial charge >= 0.3 is 5.97 Å². The smallest absolute Gasteiger partial charge is 0.303 e. The molecule has 0 aliphatic carbocycles. The number of carboxylic acids is 1.